The minimum atomic E-state index is -4.95. The molecule has 0 spiro atoms. The maximum Gasteiger partial charge on any atom is 0.417 e. The van der Waals surface area contributed by atoms with Crippen LogP contribution in [0, 0.1) is 0 Å². The SMILES string of the molecule is O=C(O)/C=C/c1ccc2c(c1)CC(NS(=O)(=O)c1ccc(-c3ccccc3O)cc1C(F)(F)F)C2. The second-order valence-electron chi connectivity index (χ2n) is 8.15. The number of sulfonamides is 1. The molecule has 1 atom stereocenters. The maximum absolute atomic E-state index is 13.9. The second-order valence-corrected chi connectivity index (χ2v) is 9.83. The smallest absolute Gasteiger partial charge is 0.417 e. The number of rotatable bonds is 6. The number of phenols is 1. The van der Waals surface area contributed by atoms with Crippen molar-refractivity contribution >= 4 is 22.1 Å². The number of halogens is 3. The predicted molar refractivity (Wildman–Crippen MR) is 123 cm³/mol. The molecule has 1 aliphatic rings. The van der Waals surface area contributed by atoms with Crippen LogP contribution in [0.3, 0.4) is 0 Å². The third-order valence-corrected chi connectivity index (χ3v) is 7.27. The summed E-state index contributed by atoms with van der Waals surface area (Å²) in [6.07, 6.45) is -2.03. The fourth-order valence-electron chi connectivity index (χ4n) is 4.15. The van der Waals surface area contributed by atoms with Gasteiger partial charge in [0.1, 0.15) is 5.75 Å². The number of carboxylic acid groups (broad SMARTS) is 1. The van der Waals surface area contributed by atoms with Gasteiger partial charge >= 0.3 is 12.1 Å². The summed E-state index contributed by atoms with van der Waals surface area (Å²) in [5, 5.41) is 18.8. The van der Waals surface area contributed by atoms with Crippen molar-refractivity contribution in [2.45, 2.75) is 30.0 Å². The van der Waals surface area contributed by atoms with E-state index in [0.717, 1.165) is 23.3 Å². The van der Waals surface area contributed by atoms with Gasteiger partial charge in [-0.15, -0.1) is 0 Å². The molecule has 6 nitrogen and oxygen atoms in total. The molecule has 4 rings (SSSR count). The summed E-state index contributed by atoms with van der Waals surface area (Å²) in [6.45, 7) is 0. The van der Waals surface area contributed by atoms with Crippen LogP contribution in [0.5, 0.6) is 5.75 Å². The first-order valence-corrected chi connectivity index (χ1v) is 12.0. The molecular weight excluding hydrogens is 483 g/mol. The molecule has 1 unspecified atom stereocenters. The Hall–Kier alpha value is -3.63. The fourth-order valence-corrected chi connectivity index (χ4v) is 5.59. The molecule has 0 aliphatic heterocycles. The van der Waals surface area contributed by atoms with Gasteiger partial charge in [-0.25, -0.2) is 17.9 Å². The van der Waals surface area contributed by atoms with Gasteiger partial charge in [-0.1, -0.05) is 42.5 Å². The van der Waals surface area contributed by atoms with E-state index >= 15 is 0 Å². The van der Waals surface area contributed by atoms with Gasteiger partial charge < -0.3 is 10.2 Å². The molecule has 182 valence electrons. The number of nitrogens with one attached hydrogen (secondary N) is 1. The zero-order valence-electron chi connectivity index (χ0n) is 18.1. The molecule has 35 heavy (non-hydrogen) atoms. The van der Waals surface area contributed by atoms with Gasteiger partial charge in [-0.3, -0.25) is 0 Å². The van der Waals surface area contributed by atoms with Crippen molar-refractivity contribution in [2.24, 2.45) is 0 Å². The number of aromatic hydroxyl groups is 1. The standard InChI is InChI=1S/C25H20F3NO5S/c26-25(27,28)21-14-17(20-3-1-2-4-22(20)30)8-9-23(21)35(33,34)29-19-12-16-7-5-15(6-10-24(31)32)11-18(16)13-19/h1-11,14,19,29-30H,12-13H2,(H,31,32)/b10-6+. The Kier molecular flexibility index (Phi) is 6.44. The number of phenolic OH excluding ortho intramolecular Hbond substituents is 1. The van der Waals surface area contributed by atoms with Gasteiger partial charge in [0.2, 0.25) is 10.0 Å². The topological polar surface area (TPSA) is 104 Å². The molecule has 0 amide bonds. The van der Waals surface area contributed by atoms with Gasteiger partial charge in [-0.05, 0) is 59.4 Å². The lowest BCUT2D eigenvalue weighted by Gasteiger charge is -2.18. The summed E-state index contributed by atoms with van der Waals surface area (Å²) in [5.41, 5.74) is 1.09. The van der Waals surface area contributed by atoms with Crippen LogP contribution in [-0.2, 0) is 33.8 Å². The minimum absolute atomic E-state index is 0.0320. The average molecular weight is 503 g/mol. The second kappa shape index (κ2) is 9.20. The van der Waals surface area contributed by atoms with Crippen molar-refractivity contribution in [1.29, 1.82) is 0 Å². The zero-order valence-corrected chi connectivity index (χ0v) is 18.9. The van der Waals surface area contributed by atoms with E-state index in [0.29, 0.717) is 11.6 Å². The van der Waals surface area contributed by atoms with Gasteiger partial charge in [0.25, 0.3) is 0 Å². The molecule has 0 bridgehead atoms. The predicted octanol–water partition coefficient (Wildman–Crippen LogP) is 4.62. The lowest BCUT2D eigenvalue weighted by Crippen LogP contribution is -2.36. The van der Waals surface area contributed by atoms with E-state index in [-0.39, 0.29) is 29.7 Å². The molecule has 0 saturated heterocycles. The number of carbonyl (C=O) groups is 1. The van der Waals surface area contributed by atoms with E-state index in [1.807, 2.05) is 0 Å². The van der Waals surface area contributed by atoms with Crippen molar-refractivity contribution in [3.63, 3.8) is 0 Å². The summed E-state index contributed by atoms with van der Waals surface area (Å²) in [7, 11) is -4.54. The van der Waals surface area contributed by atoms with Crippen molar-refractivity contribution in [3.8, 4) is 16.9 Å². The number of benzene rings is 3. The van der Waals surface area contributed by atoms with Crippen LogP contribution >= 0.6 is 0 Å². The minimum Gasteiger partial charge on any atom is -0.507 e. The normalized spacial score (nSPS) is 15.9. The van der Waals surface area contributed by atoms with E-state index in [1.54, 1.807) is 24.3 Å². The van der Waals surface area contributed by atoms with E-state index < -0.39 is 38.7 Å². The Morgan fingerprint density at radius 1 is 1.00 bits per heavy atom. The lowest BCUT2D eigenvalue weighted by atomic mass is 10.0. The van der Waals surface area contributed by atoms with Crippen molar-refractivity contribution in [1.82, 2.24) is 4.72 Å². The fraction of sp³-hybridized carbons (Fsp3) is 0.160. The average Bonchev–Trinajstić information content (AvgIpc) is 3.17. The van der Waals surface area contributed by atoms with Crippen LogP contribution in [0.25, 0.3) is 17.2 Å². The first kappa shape index (κ1) is 24.5. The Labute approximate surface area is 199 Å². The monoisotopic (exact) mass is 503 g/mol. The first-order chi connectivity index (χ1) is 16.4. The number of hydrogen-bond acceptors (Lipinski definition) is 4. The highest BCUT2D eigenvalue weighted by Crippen LogP contribution is 2.39. The molecule has 1 aliphatic carbocycles. The molecule has 0 saturated carbocycles. The Bertz CT molecular complexity index is 1430. The van der Waals surface area contributed by atoms with Crippen molar-refractivity contribution < 1.29 is 36.6 Å². The van der Waals surface area contributed by atoms with Crippen molar-refractivity contribution in [3.05, 3.63) is 89.0 Å². The number of carboxylic acids is 1. The summed E-state index contributed by atoms with van der Waals surface area (Å²) in [5.74, 6) is -1.33. The van der Waals surface area contributed by atoms with Crippen LogP contribution in [0.2, 0.25) is 0 Å². The number of alkyl halides is 3. The lowest BCUT2D eigenvalue weighted by molar-refractivity contribution is -0.140. The third-order valence-electron chi connectivity index (χ3n) is 5.69. The van der Waals surface area contributed by atoms with Gasteiger partial charge in [-0.2, -0.15) is 13.2 Å². The van der Waals surface area contributed by atoms with Crippen LogP contribution in [0.4, 0.5) is 13.2 Å². The van der Waals surface area contributed by atoms with Crippen LogP contribution in [-0.4, -0.2) is 30.6 Å². The van der Waals surface area contributed by atoms with E-state index in [9.17, 15) is 31.5 Å². The summed E-state index contributed by atoms with van der Waals surface area (Å²) < 4.78 is 70.1. The Morgan fingerprint density at radius 3 is 2.40 bits per heavy atom. The molecule has 3 aromatic rings. The molecule has 3 N–H and O–H groups in total. The maximum atomic E-state index is 13.9. The Balaban J connectivity index is 1.62. The van der Waals surface area contributed by atoms with Crippen LogP contribution in [0.15, 0.2) is 71.6 Å². The Morgan fingerprint density at radius 2 is 1.71 bits per heavy atom. The van der Waals surface area contributed by atoms with Crippen molar-refractivity contribution in [2.75, 3.05) is 0 Å². The van der Waals surface area contributed by atoms with Crippen LogP contribution < -0.4 is 4.72 Å². The molecule has 0 heterocycles. The number of para-hydroxylation sites is 1. The number of aliphatic carboxylic acids is 1. The zero-order chi connectivity index (χ0) is 25.4. The molecule has 0 fully saturated rings. The largest absolute Gasteiger partial charge is 0.507 e. The molecule has 10 heteroatoms. The molecule has 0 radical (unpaired) electrons. The third kappa shape index (κ3) is 5.39. The molecular formula is C25H20F3NO5S. The van der Waals surface area contributed by atoms with E-state index in [4.69, 9.17) is 5.11 Å². The molecule has 0 aromatic heterocycles. The summed E-state index contributed by atoms with van der Waals surface area (Å²) >= 11 is 0. The van der Waals surface area contributed by atoms with Gasteiger partial charge in [0.15, 0.2) is 0 Å². The number of hydrogen-bond donors (Lipinski definition) is 3. The molecule has 3 aromatic carbocycles. The quantitative estimate of drug-likeness (QED) is 0.426. The van der Waals surface area contributed by atoms with Gasteiger partial charge in [0.05, 0.1) is 10.5 Å². The first-order valence-electron chi connectivity index (χ1n) is 10.5. The highest BCUT2D eigenvalue weighted by atomic mass is 32.2. The summed E-state index contributed by atoms with van der Waals surface area (Å²) in [4.78, 5) is 9.81. The summed E-state index contributed by atoms with van der Waals surface area (Å²) in [6, 6.07) is 13.2. The van der Waals surface area contributed by atoms with E-state index in [1.165, 1.54) is 30.3 Å². The van der Waals surface area contributed by atoms with Crippen LogP contribution in [0.1, 0.15) is 22.3 Å². The highest BCUT2D eigenvalue weighted by Gasteiger charge is 2.38. The van der Waals surface area contributed by atoms with Gasteiger partial charge in [0, 0.05) is 17.7 Å². The highest BCUT2D eigenvalue weighted by molar-refractivity contribution is 7.89. The van der Waals surface area contributed by atoms with E-state index in [2.05, 4.69) is 4.72 Å². The number of fused-ring (bicyclic) bond motifs is 1.